The number of carbonyl (C=O) groups is 1. The summed E-state index contributed by atoms with van der Waals surface area (Å²) in [6.45, 7) is 5.32. The normalized spacial score (nSPS) is 20.8. The summed E-state index contributed by atoms with van der Waals surface area (Å²) >= 11 is 0. The quantitative estimate of drug-likeness (QED) is 0.703. The van der Waals surface area contributed by atoms with Gasteiger partial charge >= 0.3 is 0 Å². The SMILES string of the molecule is CCCCCC(=O)N(C)CC1CCCNC1. The summed E-state index contributed by atoms with van der Waals surface area (Å²) in [5.74, 6) is 0.980. The van der Waals surface area contributed by atoms with E-state index in [-0.39, 0.29) is 0 Å². The second-order valence-corrected chi connectivity index (χ2v) is 4.94. The lowest BCUT2D eigenvalue weighted by Crippen LogP contribution is -2.39. The lowest BCUT2D eigenvalue weighted by molar-refractivity contribution is -0.130. The summed E-state index contributed by atoms with van der Waals surface area (Å²) in [6.07, 6.45) is 6.64. The molecule has 0 aromatic carbocycles. The lowest BCUT2D eigenvalue weighted by atomic mass is 9.99. The number of unbranched alkanes of at least 4 members (excludes halogenated alkanes) is 2. The van der Waals surface area contributed by atoms with E-state index < -0.39 is 0 Å². The first kappa shape index (κ1) is 13.5. The van der Waals surface area contributed by atoms with Gasteiger partial charge in [-0.2, -0.15) is 0 Å². The van der Waals surface area contributed by atoms with Gasteiger partial charge in [-0.3, -0.25) is 4.79 Å². The molecule has 1 aliphatic rings. The van der Waals surface area contributed by atoms with Crippen molar-refractivity contribution in [3.8, 4) is 0 Å². The highest BCUT2D eigenvalue weighted by molar-refractivity contribution is 5.75. The second-order valence-electron chi connectivity index (χ2n) is 4.94. The third-order valence-electron chi connectivity index (χ3n) is 3.35. The Balaban J connectivity index is 2.16. The molecule has 1 N–H and O–H groups in total. The number of hydrogen-bond acceptors (Lipinski definition) is 2. The number of rotatable bonds is 6. The third kappa shape index (κ3) is 4.97. The van der Waals surface area contributed by atoms with Crippen molar-refractivity contribution < 1.29 is 4.79 Å². The van der Waals surface area contributed by atoms with Crippen LogP contribution in [0.4, 0.5) is 0 Å². The van der Waals surface area contributed by atoms with Crippen molar-refractivity contribution in [1.82, 2.24) is 10.2 Å². The molecule has 0 aliphatic carbocycles. The zero-order chi connectivity index (χ0) is 11.8. The van der Waals surface area contributed by atoms with Gasteiger partial charge in [0, 0.05) is 20.0 Å². The van der Waals surface area contributed by atoms with Crippen LogP contribution in [-0.4, -0.2) is 37.5 Å². The van der Waals surface area contributed by atoms with Gasteiger partial charge in [-0.05, 0) is 38.3 Å². The second kappa shape index (κ2) is 7.66. The van der Waals surface area contributed by atoms with E-state index in [9.17, 15) is 4.79 Å². The monoisotopic (exact) mass is 226 g/mol. The molecule has 0 aromatic heterocycles. The molecule has 0 spiro atoms. The smallest absolute Gasteiger partial charge is 0.222 e. The molecule has 0 radical (unpaired) electrons. The van der Waals surface area contributed by atoms with Crippen molar-refractivity contribution >= 4 is 5.91 Å². The fourth-order valence-corrected chi connectivity index (χ4v) is 2.29. The molecule has 94 valence electrons. The molecule has 1 amide bonds. The van der Waals surface area contributed by atoms with E-state index in [1.807, 2.05) is 11.9 Å². The molecule has 16 heavy (non-hydrogen) atoms. The standard InChI is InChI=1S/C13H26N2O/c1-3-4-5-8-13(16)15(2)11-12-7-6-9-14-10-12/h12,14H,3-11H2,1-2H3. The third-order valence-corrected chi connectivity index (χ3v) is 3.35. The molecule has 3 nitrogen and oxygen atoms in total. The van der Waals surface area contributed by atoms with Crippen molar-refractivity contribution in [2.24, 2.45) is 5.92 Å². The number of piperidine rings is 1. The Labute approximate surface area is 99.6 Å². The number of nitrogens with one attached hydrogen (secondary N) is 1. The molecule has 1 fully saturated rings. The van der Waals surface area contributed by atoms with Crippen molar-refractivity contribution in [2.75, 3.05) is 26.7 Å². The van der Waals surface area contributed by atoms with Crippen LogP contribution in [0, 0.1) is 5.92 Å². The fraction of sp³-hybridized carbons (Fsp3) is 0.923. The Morgan fingerprint density at radius 1 is 1.44 bits per heavy atom. The van der Waals surface area contributed by atoms with Crippen LogP contribution in [-0.2, 0) is 4.79 Å². The Hall–Kier alpha value is -0.570. The summed E-state index contributed by atoms with van der Waals surface area (Å²) in [6, 6.07) is 0. The van der Waals surface area contributed by atoms with E-state index in [2.05, 4.69) is 12.2 Å². The molecule has 0 bridgehead atoms. The first-order valence-electron chi connectivity index (χ1n) is 6.68. The van der Waals surface area contributed by atoms with Crippen molar-refractivity contribution in [1.29, 1.82) is 0 Å². The van der Waals surface area contributed by atoms with Crippen LogP contribution in [0.15, 0.2) is 0 Å². The van der Waals surface area contributed by atoms with E-state index >= 15 is 0 Å². The molecule has 3 heteroatoms. The summed E-state index contributed by atoms with van der Waals surface area (Å²) in [5, 5.41) is 3.39. The highest BCUT2D eigenvalue weighted by Gasteiger charge is 2.17. The molecule has 0 aromatic rings. The lowest BCUT2D eigenvalue weighted by Gasteiger charge is -2.27. The minimum absolute atomic E-state index is 0.319. The molecule has 1 heterocycles. The van der Waals surface area contributed by atoms with Gasteiger partial charge in [-0.15, -0.1) is 0 Å². The maximum atomic E-state index is 11.8. The molecular formula is C13H26N2O. The number of carbonyl (C=O) groups excluding carboxylic acids is 1. The zero-order valence-corrected chi connectivity index (χ0v) is 10.8. The number of hydrogen-bond donors (Lipinski definition) is 1. The summed E-state index contributed by atoms with van der Waals surface area (Å²) in [7, 11) is 1.95. The van der Waals surface area contributed by atoms with Crippen LogP contribution in [0.2, 0.25) is 0 Å². The van der Waals surface area contributed by atoms with E-state index in [0.717, 1.165) is 32.5 Å². The summed E-state index contributed by atoms with van der Waals surface area (Å²) in [4.78, 5) is 13.7. The maximum Gasteiger partial charge on any atom is 0.222 e. The molecule has 1 rings (SSSR count). The van der Waals surface area contributed by atoms with E-state index in [0.29, 0.717) is 11.8 Å². The van der Waals surface area contributed by atoms with Crippen LogP contribution >= 0.6 is 0 Å². The highest BCUT2D eigenvalue weighted by atomic mass is 16.2. The van der Waals surface area contributed by atoms with Gasteiger partial charge in [0.2, 0.25) is 5.91 Å². The van der Waals surface area contributed by atoms with Gasteiger partial charge in [0.1, 0.15) is 0 Å². The van der Waals surface area contributed by atoms with Crippen molar-refractivity contribution in [2.45, 2.75) is 45.4 Å². The minimum atomic E-state index is 0.319. The van der Waals surface area contributed by atoms with E-state index in [1.165, 1.54) is 25.7 Å². The summed E-state index contributed by atoms with van der Waals surface area (Å²) < 4.78 is 0. The van der Waals surface area contributed by atoms with Gasteiger partial charge in [0.25, 0.3) is 0 Å². The van der Waals surface area contributed by atoms with Crippen LogP contribution < -0.4 is 5.32 Å². The Bertz CT molecular complexity index is 200. The van der Waals surface area contributed by atoms with Gasteiger partial charge in [-0.25, -0.2) is 0 Å². The molecule has 1 atom stereocenters. The first-order chi connectivity index (χ1) is 7.74. The van der Waals surface area contributed by atoms with Gasteiger partial charge in [0.05, 0.1) is 0 Å². The molecule has 1 aliphatic heterocycles. The van der Waals surface area contributed by atoms with Crippen LogP contribution in [0.5, 0.6) is 0 Å². The Morgan fingerprint density at radius 3 is 2.88 bits per heavy atom. The van der Waals surface area contributed by atoms with Crippen molar-refractivity contribution in [3.63, 3.8) is 0 Å². The average molecular weight is 226 g/mol. The fourth-order valence-electron chi connectivity index (χ4n) is 2.29. The van der Waals surface area contributed by atoms with Crippen LogP contribution in [0.25, 0.3) is 0 Å². The van der Waals surface area contributed by atoms with E-state index in [4.69, 9.17) is 0 Å². The van der Waals surface area contributed by atoms with Crippen LogP contribution in [0.3, 0.4) is 0 Å². The minimum Gasteiger partial charge on any atom is -0.345 e. The predicted octanol–water partition coefficient (Wildman–Crippen LogP) is 2.02. The molecule has 1 unspecified atom stereocenters. The first-order valence-corrected chi connectivity index (χ1v) is 6.68. The predicted molar refractivity (Wildman–Crippen MR) is 67.4 cm³/mol. The van der Waals surface area contributed by atoms with Gasteiger partial charge in [-0.1, -0.05) is 19.8 Å². The van der Waals surface area contributed by atoms with Gasteiger partial charge < -0.3 is 10.2 Å². The Kier molecular flexibility index (Phi) is 6.46. The molecular weight excluding hydrogens is 200 g/mol. The average Bonchev–Trinajstić information content (AvgIpc) is 2.30. The zero-order valence-electron chi connectivity index (χ0n) is 10.8. The largest absolute Gasteiger partial charge is 0.345 e. The number of amides is 1. The molecule has 1 saturated heterocycles. The summed E-state index contributed by atoms with van der Waals surface area (Å²) in [5.41, 5.74) is 0. The number of nitrogens with zero attached hydrogens (tertiary/aromatic N) is 1. The van der Waals surface area contributed by atoms with Crippen molar-refractivity contribution in [3.05, 3.63) is 0 Å². The maximum absolute atomic E-state index is 11.8. The van der Waals surface area contributed by atoms with E-state index in [1.54, 1.807) is 0 Å². The molecule has 0 saturated carbocycles. The highest BCUT2D eigenvalue weighted by Crippen LogP contribution is 2.12. The van der Waals surface area contributed by atoms with Gasteiger partial charge in [0.15, 0.2) is 0 Å². The van der Waals surface area contributed by atoms with Crippen LogP contribution in [0.1, 0.15) is 45.4 Å². The Morgan fingerprint density at radius 2 is 2.25 bits per heavy atom. The topological polar surface area (TPSA) is 32.3 Å².